The normalized spacial score (nSPS) is 11.0. The van der Waals surface area contributed by atoms with Crippen LogP contribution in [0.15, 0.2) is 24.3 Å². The Hall–Kier alpha value is -1.66. The Bertz CT molecular complexity index is 387. The summed E-state index contributed by atoms with van der Waals surface area (Å²) in [5.74, 6) is -0.832. The molecular formula is C17H28O6. The molecule has 0 aromatic heterocycles. The van der Waals surface area contributed by atoms with Crippen molar-refractivity contribution in [2.75, 3.05) is 39.6 Å². The third kappa shape index (κ3) is 11.5. The molecule has 0 aromatic carbocycles. The first kappa shape index (κ1) is 21.3. The first-order valence-electron chi connectivity index (χ1n) is 7.46. The molecule has 0 rings (SSSR count). The molecule has 0 aliphatic carbocycles. The summed E-state index contributed by atoms with van der Waals surface area (Å²) in [4.78, 5) is 22.3. The molecule has 6 nitrogen and oxygen atoms in total. The minimum atomic E-state index is -0.416. The molecule has 0 heterocycles. The van der Waals surface area contributed by atoms with Crippen LogP contribution in [0.25, 0.3) is 0 Å². The number of esters is 2. The fourth-order valence-electron chi connectivity index (χ4n) is 1.37. The fourth-order valence-corrected chi connectivity index (χ4v) is 1.37. The van der Waals surface area contributed by atoms with Crippen molar-refractivity contribution in [3.05, 3.63) is 24.3 Å². The number of rotatable bonds is 12. The minimum absolute atomic E-state index is 0.194. The standard InChI is InChI=1S/C17H28O6/c1-13(2)15(18)22-9-7-20-11-17(5,6)12-21-8-10-23-16(19)14(3)4/h1,3,7-12H2,2,4-6H3. The van der Waals surface area contributed by atoms with E-state index in [1.165, 1.54) is 0 Å². The molecule has 0 amide bonds. The first-order chi connectivity index (χ1) is 10.7. The van der Waals surface area contributed by atoms with Crippen molar-refractivity contribution in [2.24, 2.45) is 5.41 Å². The molecule has 0 atom stereocenters. The lowest BCUT2D eigenvalue weighted by atomic mass is 9.96. The number of carbonyl (C=O) groups is 2. The minimum Gasteiger partial charge on any atom is -0.460 e. The van der Waals surface area contributed by atoms with E-state index in [1.807, 2.05) is 13.8 Å². The summed E-state index contributed by atoms with van der Waals surface area (Å²) in [5.41, 5.74) is 0.536. The molecule has 0 aliphatic rings. The van der Waals surface area contributed by atoms with E-state index < -0.39 is 11.9 Å². The maximum Gasteiger partial charge on any atom is 0.333 e. The average Bonchev–Trinajstić information content (AvgIpc) is 2.45. The van der Waals surface area contributed by atoms with Gasteiger partial charge in [-0.1, -0.05) is 27.0 Å². The molecule has 0 radical (unpaired) electrons. The molecule has 6 heteroatoms. The zero-order chi connectivity index (χ0) is 17.9. The topological polar surface area (TPSA) is 71.1 Å². The molecule has 0 aromatic rings. The van der Waals surface area contributed by atoms with Crippen LogP contribution in [-0.4, -0.2) is 51.6 Å². The largest absolute Gasteiger partial charge is 0.460 e. The number of carbonyl (C=O) groups excluding carboxylic acids is 2. The Morgan fingerprint density at radius 2 is 1.13 bits per heavy atom. The number of ether oxygens (including phenoxy) is 4. The second kappa shape index (κ2) is 11.0. The van der Waals surface area contributed by atoms with Gasteiger partial charge in [-0.05, 0) is 13.8 Å². The third-order valence-corrected chi connectivity index (χ3v) is 2.60. The van der Waals surface area contributed by atoms with Gasteiger partial charge in [-0.25, -0.2) is 9.59 Å². The molecular weight excluding hydrogens is 300 g/mol. The Labute approximate surface area is 138 Å². The average molecular weight is 328 g/mol. The van der Waals surface area contributed by atoms with Gasteiger partial charge in [0.05, 0.1) is 26.4 Å². The predicted molar refractivity (Wildman–Crippen MR) is 87.0 cm³/mol. The molecule has 0 unspecified atom stereocenters. The van der Waals surface area contributed by atoms with Crippen LogP contribution in [-0.2, 0) is 28.5 Å². The molecule has 132 valence electrons. The highest BCUT2D eigenvalue weighted by Gasteiger charge is 2.18. The Kier molecular flexibility index (Phi) is 10.2. The van der Waals surface area contributed by atoms with Gasteiger partial charge in [-0.2, -0.15) is 0 Å². The summed E-state index contributed by atoms with van der Waals surface area (Å²) >= 11 is 0. The smallest absolute Gasteiger partial charge is 0.333 e. The van der Waals surface area contributed by atoms with Gasteiger partial charge in [0.2, 0.25) is 0 Å². The molecule has 0 bridgehead atoms. The molecule has 0 aliphatic heterocycles. The van der Waals surface area contributed by atoms with Crippen LogP contribution in [0.2, 0.25) is 0 Å². The second-order valence-electron chi connectivity index (χ2n) is 6.10. The van der Waals surface area contributed by atoms with Crippen molar-refractivity contribution in [3.8, 4) is 0 Å². The SMILES string of the molecule is C=C(C)C(=O)OCCOCC(C)(C)COCCOC(=O)C(=C)C. The van der Waals surface area contributed by atoms with Gasteiger partial charge >= 0.3 is 11.9 Å². The van der Waals surface area contributed by atoms with Crippen LogP contribution in [0.1, 0.15) is 27.7 Å². The van der Waals surface area contributed by atoms with E-state index >= 15 is 0 Å². The molecule has 0 N–H and O–H groups in total. The van der Waals surface area contributed by atoms with Crippen LogP contribution < -0.4 is 0 Å². The molecule has 0 saturated heterocycles. The van der Waals surface area contributed by atoms with E-state index in [0.29, 0.717) is 37.6 Å². The monoisotopic (exact) mass is 328 g/mol. The third-order valence-electron chi connectivity index (χ3n) is 2.60. The number of hydrogen-bond acceptors (Lipinski definition) is 6. The van der Waals surface area contributed by atoms with Crippen LogP contribution in [0, 0.1) is 5.41 Å². The highest BCUT2D eigenvalue weighted by molar-refractivity contribution is 5.87. The van der Waals surface area contributed by atoms with Crippen LogP contribution in [0.5, 0.6) is 0 Å². The Morgan fingerprint density at radius 1 is 0.783 bits per heavy atom. The Balaban J connectivity index is 3.68. The van der Waals surface area contributed by atoms with Gasteiger partial charge < -0.3 is 18.9 Å². The molecule has 23 heavy (non-hydrogen) atoms. The predicted octanol–water partition coefficient (Wildman–Crippen LogP) is 2.28. The van der Waals surface area contributed by atoms with Crippen molar-refractivity contribution in [2.45, 2.75) is 27.7 Å². The van der Waals surface area contributed by atoms with Crippen LogP contribution >= 0.6 is 0 Å². The van der Waals surface area contributed by atoms with E-state index in [1.54, 1.807) is 13.8 Å². The summed E-state index contributed by atoms with van der Waals surface area (Å²) in [6.07, 6.45) is 0. The summed E-state index contributed by atoms with van der Waals surface area (Å²) < 4.78 is 20.8. The van der Waals surface area contributed by atoms with E-state index in [-0.39, 0.29) is 18.6 Å². The van der Waals surface area contributed by atoms with E-state index in [2.05, 4.69) is 13.2 Å². The van der Waals surface area contributed by atoms with Crippen LogP contribution in [0.4, 0.5) is 0 Å². The van der Waals surface area contributed by atoms with Gasteiger partial charge in [0.1, 0.15) is 13.2 Å². The zero-order valence-electron chi connectivity index (χ0n) is 14.6. The molecule has 0 fully saturated rings. The second-order valence-corrected chi connectivity index (χ2v) is 6.10. The van der Waals surface area contributed by atoms with E-state index in [9.17, 15) is 9.59 Å². The van der Waals surface area contributed by atoms with Gasteiger partial charge in [-0.15, -0.1) is 0 Å². The quantitative estimate of drug-likeness (QED) is 0.311. The van der Waals surface area contributed by atoms with Crippen molar-refractivity contribution in [1.29, 1.82) is 0 Å². The molecule has 0 spiro atoms. The fraction of sp³-hybridized carbons (Fsp3) is 0.647. The maximum absolute atomic E-state index is 11.2. The van der Waals surface area contributed by atoms with E-state index in [0.717, 1.165) is 0 Å². The van der Waals surface area contributed by atoms with Crippen LogP contribution in [0.3, 0.4) is 0 Å². The lowest BCUT2D eigenvalue weighted by Crippen LogP contribution is -2.27. The summed E-state index contributed by atoms with van der Waals surface area (Å²) in [6, 6.07) is 0. The lowest BCUT2D eigenvalue weighted by molar-refractivity contribution is -0.141. The van der Waals surface area contributed by atoms with Crippen molar-refractivity contribution < 1.29 is 28.5 Å². The maximum atomic E-state index is 11.2. The number of hydrogen-bond donors (Lipinski definition) is 0. The first-order valence-corrected chi connectivity index (χ1v) is 7.46. The van der Waals surface area contributed by atoms with Crippen molar-refractivity contribution in [1.82, 2.24) is 0 Å². The lowest BCUT2D eigenvalue weighted by Gasteiger charge is -2.24. The summed E-state index contributed by atoms with van der Waals surface area (Å²) in [6.45, 7) is 16.1. The van der Waals surface area contributed by atoms with Gasteiger partial charge in [0.15, 0.2) is 0 Å². The highest BCUT2D eigenvalue weighted by atomic mass is 16.6. The van der Waals surface area contributed by atoms with Gasteiger partial charge in [0.25, 0.3) is 0 Å². The Morgan fingerprint density at radius 3 is 1.43 bits per heavy atom. The van der Waals surface area contributed by atoms with E-state index in [4.69, 9.17) is 18.9 Å². The highest BCUT2D eigenvalue weighted by Crippen LogP contribution is 2.15. The summed E-state index contributed by atoms with van der Waals surface area (Å²) in [7, 11) is 0. The molecule has 0 saturated carbocycles. The van der Waals surface area contributed by atoms with Crippen molar-refractivity contribution >= 4 is 11.9 Å². The van der Waals surface area contributed by atoms with Gasteiger partial charge in [-0.3, -0.25) is 0 Å². The summed E-state index contributed by atoms with van der Waals surface area (Å²) in [5, 5.41) is 0. The zero-order valence-corrected chi connectivity index (χ0v) is 14.6. The van der Waals surface area contributed by atoms with Gasteiger partial charge in [0, 0.05) is 16.6 Å². The van der Waals surface area contributed by atoms with Crippen molar-refractivity contribution in [3.63, 3.8) is 0 Å².